The van der Waals surface area contributed by atoms with Crippen molar-refractivity contribution in [1.29, 1.82) is 5.26 Å². The van der Waals surface area contributed by atoms with Crippen molar-refractivity contribution in [3.63, 3.8) is 0 Å². The molecule has 0 unspecified atom stereocenters. The molecule has 1 aliphatic rings. The van der Waals surface area contributed by atoms with Gasteiger partial charge in [0.1, 0.15) is 12.2 Å². The molecule has 1 saturated carbocycles. The van der Waals surface area contributed by atoms with Crippen LogP contribution in [0.5, 0.6) is 0 Å². The van der Waals surface area contributed by atoms with Crippen molar-refractivity contribution in [1.82, 2.24) is 15.2 Å². The highest BCUT2D eigenvalue weighted by Crippen LogP contribution is 2.38. The summed E-state index contributed by atoms with van der Waals surface area (Å²) in [6.45, 7) is 4.31. The van der Waals surface area contributed by atoms with Gasteiger partial charge < -0.3 is 15.2 Å². The zero-order valence-electron chi connectivity index (χ0n) is 16.1. The number of aryl methyl sites for hydroxylation is 1. The van der Waals surface area contributed by atoms with Gasteiger partial charge in [-0.25, -0.2) is 0 Å². The zero-order valence-corrected chi connectivity index (χ0v) is 16.1. The summed E-state index contributed by atoms with van der Waals surface area (Å²) in [5.41, 5.74) is 1.63. The SMILES string of the molecule is Cn1c(C(=O)N[C@H]2CC(C)(C)CC[C@H]2C(=O)NCC#N)cc2ccccc21. The first-order valence-corrected chi connectivity index (χ1v) is 9.32. The van der Waals surface area contributed by atoms with E-state index >= 15 is 0 Å². The number of aromatic nitrogens is 1. The lowest BCUT2D eigenvalue weighted by Crippen LogP contribution is -2.51. The van der Waals surface area contributed by atoms with Crippen LogP contribution in [-0.2, 0) is 11.8 Å². The van der Waals surface area contributed by atoms with Gasteiger partial charge in [0.2, 0.25) is 5.91 Å². The number of carbonyl (C=O) groups excluding carboxylic acids is 2. The molecular weight excluding hydrogens is 340 g/mol. The van der Waals surface area contributed by atoms with Gasteiger partial charge in [-0.2, -0.15) is 5.26 Å². The zero-order chi connectivity index (χ0) is 19.6. The molecule has 1 aromatic heterocycles. The molecule has 2 amide bonds. The molecule has 1 heterocycles. The molecule has 2 aromatic rings. The molecular formula is C21H26N4O2. The van der Waals surface area contributed by atoms with Gasteiger partial charge in [0.05, 0.1) is 12.0 Å². The summed E-state index contributed by atoms with van der Waals surface area (Å²) in [6, 6.07) is 11.4. The summed E-state index contributed by atoms with van der Waals surface area (Å²) in [4.78, 5) is 25.5. The molecule has 0 aliphatic heterocycles. The Morgan fingerprint density at radius 3 is 2.78 bits per heavy atom. The van der Waals surface area contributed by atoms with Gasteiger partial charge in [-0.3, -0.25) is 9.59 Å². The Morgan fingerprint density at radius 2 is 2.07 bits per heavy atom. The molecule has 1 aliphatic carbocycles. The molecule has 3 rings (SSSR count). The average Bonchev–Trinajstić information content (AvgIpc) is 2.96. The number of hydrogen-bond acceptors (Lipinski definition) is 3. The maximum absolute atomic E-state index is 13.0. The van der Waals surface area contributed by atoms with E-state index in [-0.39, 0.29) is 35.7 Å². The normalized spacial score (nSPS) is 21.4. The van der Waals surface area contributed by atoms with Crippen molar-refractivity contribution in [2.45, 2.75) is 39.2 Å². The predicted molar refractivity (Wildman–Crippen MR) is 104 cm³/mol. The molecule has 1 aromatic carbocycles. The molecule has 6 heteroatoms. The maximum Gasteiger partial charge on any atom is 0.268 e. The van der Waals surface area contributed by atoms with Gasteiger partial charge in [-0.15, -0.1) is 0 Å². The second-order valence-corrected chi connectivity index (χ2v) is 8.12. The number of amides is 2. The number of hydrogen-bond donors (Lipinski definition) is 2. The summed E-state index contributed by atoms with van der Waals surface area (Å²) in [5, 5.41) is 15.5. The van der Waals surface area contributed by atoms with E-state index in [0.717, 1.165) is 23.7 Å². The Balaban J connectivity index is 1.82. The van der Waals surface area contributed by atoms with E-state index in [1.807, 2.05) is 48.0 Å². The molecule has 0 bridgehead atoms. The molecule has 2 atom stereocenters. The summed E-state index contributed by atoms with van der Waals surface area (Å²) in [6.07, 6.45) is 2.34. The third kappa shape index (κ3) is 3.97. The number of nitrogens with one attached hydrogen (secondary N) is 2. The average molecular weight is 366 g/mol. The number of nitrogens with zero attached hydrogens (tertiary/aromatic N) is 2. The fourth-order valence-electron chi connectivity index (χ4n) is 4.06. The van der Waals surface area contributed by atoms with Gasteiger partial charge in [0.25, 0.3) is 5.91 Å². The van der Waals surface area contributed by atoms with E-state index in [2.05, 4.69) is 24.5 Å². The molecule has 6 nitrogen and oxygen atoms in total. The van der Waals surface area contributed by atoms with Crippen LogP contribution in [0.4, 0.5) is 0 Å². The van der Waals surface area contributed by atoms with E-state index in [9.17, 15) is 9.59 Å². The van der Waals surface area contributed by atoms with Crippen molar-refractivity contribution < 1.29 is 9.59 Å². The third-order valence-electron chi connectivity index (χ3n) is 5.57. The number of benzene rings is 1. The van der Waals surface area contributed by atoms with E-state index in [0.29, 0.717) is 12.1 Å². The van der Waals surface area contributed by atoms with Crippen molar-refractivity contribution in [2.24, 2.45) is 18.4 Å². The molecule has 0 saturated heterocycles. The van der Waals surface area contributed by atoms with Crippen LogP contribution < -0.4 is 10.6 Å². The number of carbonyl (C=O) groups is 2. The van der Waals surface area contributed by atoms with Crippen LogP contribution in [0.3, 0.4) is 0 Å². The highest BCUT2D eigenvalue weighted by molar-refractivity contribution is 5.99. The van der Waals surface area contributed by atoms with Crippen LogP contribution in [0, 0.1) is 22.7 Å². The first kappa shape index (κ1) is 19.0. The minimum absolute atomic E-state index is 0.0113. The van der Waals surface area contributed by atoms with E-state index in [1.54, 1.807) is 0 Å². The summed E-state index contributed by atoms with van der Waals surface area (Å²) >= 11 is 0. The lowest BCUT2D eigenvalue weighted by atomic mass is 9.70. The van der Waals surface area contributed by atoms with Crippen LogP contribution in [0.1, 0.15) is 43.6 Å². The molecule has 0 radical (unpaired) electrons. The Kier molecular flexibility index (Phi) is 5.22. The minimum Gasteiger partial charge on any atom is -0.347 e. The monoisotopic (exact) mass is 366 g/mol. The Morgan fingerprint density at radius 1 is 1.33 bits per heavy atom. The molecule has 1 fully saturated rings. The van der Waals surface area contributed by atoms with Gasteiger partial charge in [-0.05, 0) is 36.8 Å². The van der Waals surface area contributed by atoms with E-state index in [4.69, 9.17) is 5.26 Å². The van der Waals surface area contributed by atoms with Crippen molar-refractivity contribution in [2.75, 3.05) is 6.54 Å². The molecule has 27 heavy (non-hydrogen) atoms. The van der Waals surface area contributed by atoms with Gasteiger partial charge >= 0.3 is 0 Å². The summed E-state index contributed by atoms with van der Waals surface area (Å²) in [7, 11) is 1.87. The Bertz CT molecular complexity index is 907. The minimum atomic E-state index is -0.315. The van der Waals surface area contributed by atoms with Crippen LogP contribution in [0.15, 0.2) is 30.3 Å². The van der Waals surface area contributed by atoms with E-state index < -0.39 is 0 Å². The molecule has 0 spiro atoms. The van der Waals surface area contributed by atoms with Crippen LogP contribution in [0.2, 0.25) is 0 Å². The third-order valence-corrected chi connectivity index (χ3v) is 5.57. The highest BCUT2D eigenvalue weighted by Gasteiger charge is 2.39. The van der Waals surface area contributed by atoms with Gasteiger partial charge in [-0.1, -0.05) is 32.0 Å². The Hall–Kier alpha value is -2.81. The second kappa shape index (κ2) is 7.43. The quantitative estimate of drug-likeness (QED) is 0.816. The largest absolute Gasteiger partial charge is 0.347 e. The van der Waals surface area contributed by atoms with Crippen LogP contribution >= 0.6 is 0 Å². The van der Waals surface area contributed by atoms with Crippen LogP contribution in [-0.4, -0.2) is 29.0 Å². The fraction of sp³-hybridized carbons (Fsp3) is 0.476. The summed E-state index contributed by atoms with van der Waals surface area (Å²) in [5.74, 6) is -0.645. The smallest absolute Gasteiger partial charge is 0.268 e. The lowest BCUT2D eigenvalue weighted by molar-refractivity contribution is -0.127. The predicted octanol–water partition coefficient (Wildman–Crippen LogP) is 2.74. The summed E-state index contributed by atoms with van der Waals surface area (Å²) < 4.78 is 1.88. The molecule has 142 valence electrons. The second-order valence-electron chi connectivity index (χ2n) is 8.12. The van der Waals surface area contributed by atoms with E-state index in [1.165, 1.54) is 0 Å². The maximum atomic E-state index is 13.0. The number of rotatable bonds is 4. The van der Waals surface area contributed by atoms with Gasteiger partial charge in [0.15, 0.2) is 0 Å². The van der Waals surface area contributed by atoms with Gasteiger partial charge in [0, 0.05) is 24.0 Å². The Labute approximate surface area is 159 Å². The molecule has 2 N–H and O–H groups in total. The number of para-hydroxylation sites is 1. The van der Waals surface area contributed by atoms with Crippen molar-refractivity contribution in [3.05, 3.63) is 36.0 Å². The van der Waals surface area contributed by atoms with Crippen LogP contribution in [0.25, 0.3) is 10.9 Å². The highest BCUT2D eigenvalue weighted by atomic mass is 16.2. The lowest BCUT2D eigenvalue weighted by Gasteiger charge is -2.40. The standard InChI is InChI=1S/C21H26N4O2/c1-21(2)9-8-15(19(26)23-11-10-22)16(13-21)24-20(27)18-12-14-6-4-5-7-17(14)25(18)3/h4-7,12,15-16H,8-9,11,13H2,1-3H3,(H,23,26)(H,24,27)/t15-,16+/m1/s1. The first-order valence-electron chi connectivity index (χ1n) is 9.32. The number of nitriles is 1. The first-order chi connectivity index (χ1) is 12.8. The van der Waals surface area contributed by atoms with Crippen molar-refractivity contribution >= 4 is 22.7 Å². The fourth-order valence-corrected chi connectivity index (χ4v) is 4.06. The topological polar surface area (TPSA) is 86.9 Å². The number of fused-ring (bicyclic) bond motifs is 1. The van der Waals surface area contributed by atoms with Crippen molar-refractivity contribution in [3.8, 4) is 6.07 Å².